The number of hydrogen-bond acceptors (Lipinski definition) is 2. The zero-order valence-corrected chi connectivity index (χ0v) is 14.3. The van der Waals surface area contributed by atoms with E-state index >= 15 is 0 Å². The third-order valence-electron chi connectivity index (χ3n) is 4.04. The van der Waals surface area contributed by atoms with Crippen molar-refractivity contribution in [2.75, 3.05) is 11.9 Å². The molecule has 1 atom stereocenters. The van der Waals surface area contributed by atoms with E-state index in [0.29, 0.717) is 17.4 Å². The molecule has 0 bridgehead atoms. The highest BCUT2D eigenvalue weighted by atomic mass is 79.9. The van der Waals surface area contributed by atoms with E-state index in [-0.39, 0.29) is 0 Å². The van der Waals surface area contributed by atoms with Gasteiger partial charge in [-0.3, -0.25) is 0 Å². The molecule has 1 N–H and O–H groups in total. The summed E-state index contributed by atoms with van der Waals surface area (Å²) in [6.07, 6.45) is 5.18. The Kier molecular flexibility index (Phi) is 5.64. The quantitative estimate of drug-likeness (QED) is 0.759. The van der Waals surface area contributed by atoms with Crippen LogP contribution in [0.4, 0.5) is 0 Å². The van der Waals surface area contributed by atoms with Crippen molar-refractivity contribution in [1.82, 2.24) is 4.72 Å². The average molecular weight is 360 g/mol. The molecule has 1 aliphatic carbocycles. The summed E-state index contributed by atoms with van der Waals surface area (Å²) in [6.45, 7) is 2.61. The largest absolute Gasteiger partial charge is 0.240 e. The van der Waals surface area contributed by atoms with E-state index in [0.717, 1.165) is 37.4 Å². The van der Waals surface area contributed by atoms with E-state index < -0.39 is 10.0 Å². The maximum atomic E-state index is 12.3. The highest BCUT2D eigenvalue weighted by Crippen LogP contribution is 2.24. The van der Waals surface area contributed by atoms with Crippen LogP contribution < -0.4 is 4.72 Å². The summed E-state index contributed by atoms with van der Waals surface area (Å²) in [7, 11) is -3.37. The fourth-order valence-electron chi connectivity index (χ4n) is 2.63. The molecule has 3 nitrogen and oxygen atoms in total. The van der Waals surface area contributed by atoms with E-state index in [4.69, 9.17) is 0 Å². The molecule has 112 valence electrons. The number of rotatable bonds is 7. The van der Waals surface area contributed by atoms with Gasteiger partial charge in [0, 0.05) is 11.9 Å². The summed E-state index contributed by atoms with van der Waals surface area (Å²) in [6, 6.07) is 5.54. The first-order valence-corrected chi connectivity index (χ1v) is 9.84. The minimum absolute atomic E-state index is 0.388. The van der Waals surface area contributed by atoms with Crippen molar-refractivity contribution < 1.29 is 8.42 Å². The number of alkyl halides is 1. The van der Waals surface area contributed by atoms with Gasteiger partial charge in [-0.25, -0.2) is 13.1 Å². The molecular weight excluding hydrogens is 338 g/mol. The van der Waals surface area contributed by atoms with Crippen molar-refractivity contribution in [3.8, 4) is 0 Å². The van der Waals surface area contributed by atoms with Gasteiger partial charge in [-0.2, -0.15) is 0 Å². The maximum Gasteiger partial charge on any atom is 0.240 e. The number of fused-ring (bicyclic) bond motifs is 1. The van der Waals surface area contributed by atoms with Crippen LogP contribution >= 0.6 is 15.9 Å². The number of hydrogen-bond donors (Lipinski definition) is 1. The molecule has 0 saturated carbocycles. The molecule has 20 heavy (non-hydrogen) atoms. The Hall–Kier alpha value is -0.390. The van der Waals surface area contributed by atoms with Gasteiger partial charge in [0.05, 0.1) is 4.90 Å². The summed E-state index contributed by atoms with van der Waals surface area (Å²) in [4.78, 5) is 0.409. The lowest BCUT2D eigenvalue weighted by Crippen LogP contribution is -2.29. The van der Waals surface area contributed by atoms with Gasteiger partial charge in [0.2, 0.25) is 10.0 Å². The van der Waals surface area contributed by atoms with Gasteiger partial charge in [0.1, 0.15) is 0 Å². The summed E-state index contributed by atoms with van der Waals surface area (Å²) < 4.78 is 27.4. The molecule has 0 fully saturated rings. The van der Waals surface area contributed by atoms with Crippen LogP contribution in [-0.2, 0) is 22.9 Å². The summed E-state index contributed by atoms with van der Waals surface area (Å²) >= 11 is 3.41. The van der Waals surface area contributed by atoms with Crippen LogP contribution in [0, 0.1) is 5.92 Å². The second-order valence-corrected chi connectivity index (χ2v) is 7.95. The third kappa shape index (κ3) is 3.83. The summed E-state index contributed by atoms with van der Waals surface area (Å²) in [5, 5.41) is 0.909. The third-order valence-corrected chi connectivity index (χ3v) is 5.92. The second-order valence-electron chi connectivity index (χ2n) is 5.39. The first-order chi connectivity index (χ1) is 9.56. The maximum absolute atomic E-state index is 12.3. The smallest absolute Gasteiger partial charge is 0.211 e. The topological polar surface area (TPSA) is 46.2 Å². The Balaban J connectivity index is 2.06. The Labute approximate surface area is 130 Å². The van der Waals surface area contributed by atoms with Crippen LogP contribution in [0.2, 0.25) is 0 Å². The van der Waals surface area contributed by atoms with Gasteiger partial charge in [0.25, 0.3) is 0 Å². The zero-order valence-electron chi connectivity index (χ0n) is 11.9. The number of nitrogens with one attached hydrogen (secondary N) is 1. The molecule has 0 spiro atoms. The van der Waals surface area contributed by atoms with E-state index in [9.17, 15) is 8.42 Å². The first kappa shape index (κ1) is 16.0. The van der Waals surface area contributed by atoms with Gasteiger partial charge in [-0.1, -0.05) is 35.3 Å². The monoisotopic (exact) mass is 359 g/mol. The number of aryl methyl sites for hydroxylation is 2. The highest BCUT2D eigenvalue weighted by molar-refractivity contribution is 9.09. The molecule has 2 rings (SSSR count). The molecule has 0 radical (unpaired) electrons. The second kappa shape index (κ2) is 7.05. The van der Waals surface area contributed by atoms with Gasteiger partial charge >= 0.3 is 0 Å². The predicted molar refractivity (Wildman–Crippen MR) is 85.8 cm³/mol. The lowest BCUT2D eigenvalue weighted by Gasteiger charge is -2.15. The molecule has 0 saturated heterocycles. The van der Waals surface area contributed by atoms with Crippen molar-refractivity contribution in [2.45, 2.75) is 43.9 Å². The lowest BCUT2D eigenvalue weighted by atomic mass is 10.0. The number of halogens is 1. The molecule has 1 aliphatic rings. The number of benzene rings is 1. The van der Waals surface area contributed by atoms with E-state index in [1.165, 1.54) is 11.1 Å². The molecule has 0 aliphatic heterocycles. The Morgan fingerprint density at radius 3 is 2.75 bits per heavy atom. The first-order valence-electron chi connectivity index (χ1n) is 7.24. The molecule has 0 aromatic heterocycles. The van der Waals surface area contributed by atoms with E-state index in [1.807, 2.05) is 12.1 Å². The van der Waals surface area contributed by atoms with Crippen LogP contribution in [0.25, 0.3) is 0 Å². The average Bonchev–Trinajstić information content (AvgIpc) is 2.90. The van der Waals surface area contributed by atoms with Gasteiger partial charge < -0.3 is 0 Å². The fourth-order valence-corrected chi connectivity index (χ4v) is 4.44. The van der Waals surface area contributed by atoms with Crippen molar-refractivity contribution in [1.29, 1.82) is 0 Å². The predicted octanol–water partition coefficient (Wildman–Crippen LogP) is 3.26. The van der Waals surface area contributed by atoms with Crippen molar-refractivity contribution >= 4 is 26.0 Å². The molecule has 0 heterocycles. The van der Waals surface area contributed by atoms with Crippen molar-refractivity contribution in [3.05, 3.63) is 29.3 Å². The number of sulfonamides is 1. The molecule has 1 aromatic carbocycles. The Bertz CT molecular complexity index is 557. The normalized spacial score (nSPS) is 16.1. The van der Waals surface area contributed by atoms with E-state index in [1.54, 1.807) is 6.07 Å². The zero-order chi connectivity index (χ0) is 14.6. The van der Waals surface area contributed by atoms with Crippen LogP contribution in [0.5, 0.6) is 0 Å². The molecule has 5 heteroatoms. The minimum atomic E-state index is -3.37. The van der Waals surface area contributed by atoms with E-state index in [2.05, 4.69) is 27.6 Å². The Morgan fingerprint density at radius 2 is 2.05 bits per heavy atom. The minimum Gasteiger partial charge on any atom is -0.211 e. The van der Waals surface area contributed by atoms with Gasteiger partial charge in [0.15, 0.2) is 0 Å². The van der Waals surface area contributed by atoms with Crippen molar-refractivity contribution in [3.63, 3.8) is 0 Å². The van der Waals surface area contributed by atoms with Crippen LogP contribution in [0.1, 0.15) is 37.3 Å². The lowest BCUT2D eigenvalue weighted by molar-refractivity contribution is 0.483. The highest BCUT2D eigenvalue weighted by Gasteiger charge is 2.19. The Morgan fingerprint density at radius 1 is 1.30 bits per heavy atom. The van der Waals surface area contributed by atoms with Gasteiger partial charge in [-0.05, 0) is 54.9 Å². The van der Waals surface area contributed by atoms with Crippen LogP contribution in [0.15, 0.2) is 23.1 Å². The SMILES string of the molecule is CCC(CCBr)CNS(=O)(=O)c1ccc2c(c1)CCC2. The van der Waals surface area contributed by atoms with Crippen LogP contribution in [-0.4, -0.2) is 20.3 Å². The fraction of sp³-hybridized carbons (Fsp3) is 0.600. The van der Waals surface area contributed by atoms with Crippen molar-refractivity contribution in [2.24, 2.45) is 5.92 Å². The van der Waals surface area contributed by atoms with Crippen LogP contribution in [0.3, 0.4) is 0 Å². The molecule has 0 amide bonds. The summed E-state index contributed by atoms with van der Waals surface area (Å²) in [5.74, 6) is 0.388. The summed E-state index contributed by atoms with van der Waals surface area (Å²) in [5.41, 5.74) is 2.50. The molecule has 1 aromatic rings. The molecular formula is C15H22BrNO2S. The van der Waals surface area contributed by atoms with Gasteiger partial charge in [-0.15, -0.1) is 0 Å². The standard InChI is InChI=1S/C15H22BrNO2S/c1-2-12(8-9-16)11-17-20(18,19)15-7-6-13-4-3-5-14(13)10-15/h6-7,10,12,17H,2-5,8-9,11H2,1H3. The molecule has 1 unspecified atom stereocenters.